The van der Waals surface area contributed by atoms with Crippen LogP contribution in [0.5, 0.6) is 0 Å². The van der Waals surface area contributed by atoms with Crippen LogP contribution in [0.15, 0.2) is 12.1 Å². The maximum Gasteiger partial charge on any atom is 0.410 e. The first-order valence-electron chi connectivity index (χ1n) is 8.86. The summed E-state index contributed by atoms with van der Waals surface area (Å²) in [6.45, 7) is 7.58. The molecule has 7 nitrogen and oxygen atoms in total. The fourth-order valence-corrected chi connectivity index (χ4v) is 2.87. The molecule has 0 aliphatic carbocycles. The van der Waals surface area contributed by atoms with E-state index in [4.69, 9.17) is 10.5 Å². The molecule has 3 N–H and O–H groups in total. The molecule has 1 aromatic rings. The molecule has 27 heavy (non-hydrogen) atoms. The maximum atomic E-state index is 14.0. The van der Waals surface area contributed by atoms with Crippen LogP contribution in [0.2, 0.25) is 0 Å². The van der Waals surface area contributed by atoms with E-state index in [0.29, 0.717) is 19.4 Å². The molecule has 0 saturated carbocycles. The van der Waals surface area contributed by atoms with Crippen molar-refractivity contribution in [3.8, 4) is 0 Å². The smallest absolute Gasteiger partial charge is 0.410 e. The van der Waals surface area contributed by atoms with Crippen LogP contribution in [0.1, 0.15) is 49.5 Å². The largest absolute Gasteiger partial charge is 0.444 e. The number of anilines is 1. The lowest BCUT2D eigenvalue weighted by molar-refractivity contribution is -0.121. The van der Waals surface area contributed by atoms with Crippen LogP contribution in [0.4, 0.5) is 14.9 Å². The van der Waals surface area contributed by atoms with Gasteiger partial charge >= 0.3 is 6.09 Å². The molecular formula is C19H26FN3O4. The number of hydrogen-bond donors (Lipinski definition) is 2. The number of piperidine rings is 1. The monoisotopic (exact) mass is 379 g/mol. The van der Waals surface area contributed by atoms with Gasteiger partial charge in [-0.05, 0) is 52.7 Å². The van der Waals surface area contributed by atoms with Crippen LogP contribution in [0, 0.1) is 18.7 Å². The Morgan fingerprint density at radius 2 is 1.96 bits per heavy atom. The zero-order valence-electron chi connectivity index (χ0n) is 16.1. The molecule has 1 atom stereocenters. The van der Waals surface area contributed by atoms with E-state index in [0.717, 1.165) is 6.07 Å². The number of ether oxygens (including phenoxy) is 1. The van der Waals surface area contributed by atoms with Gasteiger partial charge in [0.05, 0.1) is 5.92 Å². The number of hydrogen-bond acceptors (Lipinski definition) is 4. The lowest BCUT2D eigenvalue weighted by Gasteiger charge is -2.33. The van der Waals surface area contributed by atoms with Crippen molar-refractivity contribution in [1.29, 1.82) is 0 Å². The number of likely N-dealkylation sites (tertiary alicyclic amines) is 1. The van der Waals surface area contributed by atoms with Crippen molar-refractivity contribution in [2.45, 2.75) is 46.1 Å². The lowest BCUT2D eigenvalue weighted by atomic mass is 9.97. The third kappa shape index (κ3) is 5.42. The van der Waals surface area contributed by atoms with Gasteiger partial charge in [-0.3, -0.25) is 9.59 Å². The van der Waals surface area contributed by atoms with Gasteiger partial charge in [0.15, 0.2) is 0 Å². The van der Waals surface area contributed by atoms with Crippen molar-refractivity contribution < 1.29 is 23.5 Å². The molecular weight excluding hydrogens is 353 g/mol. The Labute approximate surface area is 158 Å². The maximum absolute atomic E-state index is 14.0. The fourth-order valence-electron chi connectivity index (χ4n) is 2.87. The normalized spacial score (nSPS) is 17.4. The molecule has 2 rings (SSSR count). The molecule has 0 radical (unpaired) electrons. The molecule has 3 amide bonds. The van der Waals surface area contributed by atoms with Gasteiger partial charge in [0.1, 0.15) is 11.4 Å². The van der Waals surface area contributed by atoms with Gasteiger partial charge in [-0.1, -0.05) is 0 Å². The topological polar surface area (TPSA) is 102 Å². The Bertz CT molecular complexity index is 758. The summed E-state index contributed by atoms with van der Waals surface area (Å²) in [6.07, 6.45) is 0.798. The molecule has 8 heteroatoms. The number of carbonyl (C=O) groups is 3. The number of benzene rings is 1. The van der Waals surface area contributed by atoms with Crippen LogP contribution in [0.25, 0.3) is 0 Å². The summed E-state index contributed by atoms with van der Waals surface area (Å²) in [4.78, 5) is 37.7. The highest BCUT2D eigenvalue weighted by atomic mass is 19.1. The minimum atomic E-state index is -0.779. The first kappa shape index (κ1) is 20.7. The number of nitrogens with two attached hydrogens (primary N) is 1. The van der Waals surface area contributed by atoms with E-state index in [1.165, 1.54) is 17.9 Å². The molecule has 0 aromatic heterocycles. The number of carbonyl (C=O) groups excluding carboxylic acids is 3. The van der Waals surface area contributed by atoms with E-state index in [9.17, 15) is 18.8 Å². The molecule has 1 aromatic carbocycles. The van der Waals surface area contributed by atoms with Gasteiger partial charge in [0.2, 0.25) is 11.8 Å². The summed E-state index contributed by atoms with van der Waals surface area (Å²) in [5, 5.41) is 2.66. The molecule has 0 bridgehead atoms. The van der Waals surface area contributed by atoms with E-state index in [1.807, 2.05) is 0 Å². The van der Waals surface area contributed by atoms with Crippen molar-refractivity contribution in [3.63, 3.8) is 0 Å². The van der Waals surface area contributed by atoms with E-state index in [1.54, 1.807) is 20.8 Å². The number of primary amides is 1. The van der Waals surface area contributed by atoms with Crippen molar-refractivity contribution in [2.24, 2.45) is 11.7 Å². The Morgan fingerprint density at radius 3 is 2.56 bits per heavy atom. The number of nitrogens with one attached hydrogen (secondary N) is 1. The minimum absolute atomic E-state index is 0.0209. The summed E-state index contributed by atoms with van der Waals surface area (Å²) in [6, 6.07) is 2.39. The van der Waals surface area contributed by atoms with Crippen molar-refractivity contribution in [2.75, 3.05) is 18.4 Å². The second-order valence-electron chi connectivity index (χ2n) is 7.75. The highest BCUT2D eigenvalue weighted by molar-refractivity contribution is 5.97. The van der Waals surface area contributed by atoms with Gasteiger partial charge in [-0.2, -0.15) is 0 Å². The van der Waals surface area contributed by atoms with E-state index >= 15 is 0 Å². The summed E-state index contributed by atoms with van der Waals surface area (Å²) in [5.41, 5.74) is 4.98. The predicted molar refractivity (Wildman–Crippen MR) is 98.8 cm³/mol. The molecule has 1 unspecified atom stereocenters. The fraction of sp³-hybridized carbons (Fsp3) is 0.526. The van der Waals surface area contributed by atoms with Crippen LogP contribution < -0.4 is 11.1 Å². The van der Waals surface area contributed by atoms with Crippen molar-refractivity contribution in [1.82, 2.24) is 4.90 Å². The molecule has 1 fully saturated rings. The van der Waals surface area contributed by atoms with Gasteiger partial charge in [-0.15, -0.1) is 0 Å². The molecule has 1 saturated heterocycles. The third-order valence-corrected chi connectivity index (χ3v) is 4.33. The molecule has 148 valence electrons. The molecule has 0 spiro atoms. The minimum Gasteiger partial charge on any atom is -0.444 e. The van der Waals surface area contributed by atoms with Crippen molar-refractivity contribution >= 4 is 23.6 Å². The summed E-state index contributed by atoms with van der Waals surface area (Å²) in [7, 11) is 0. The quantitative estimate of drug-likeness (QED) is 0.843. The van der Waals surface area contributed by atoms with E-state index in [-0.39, 0.29) is 29.3 Å². The van der Waals surface area contributed by atoms with Crippen LogP contribution in [0.3, 0.4) is 0 Å². The highest BCUT2D eigenvalue weighted by Crippen LogP contribution is 2.24. The Morgan fingerprint density at radius 1 is 1.30 bits per heavy atom. The van der Waals surface area contributed by atoms with Gasteiger partial charge in [-0.25, -0.2) is 9.18 Å². The number of rotatable bonds is 3. The average Bonchev–Trinajstić information content (AvgIpc) is 2.57. The first-order valence-corrected chi connectivity index (χ1v) is 8.86. The van der Waals surface area contributed by atoms with Crippen molar-refractivity contribution in [3.05, 3.63) is 29.1 Å². The van der Waals surface area contributed by atoms with Gasteiger partial charge in [0, 0.05) is 29.9 Å². The van der Waals surface area contributed by atoms with Crippen LogP contribution in [-0.4, -0.2) is 41.5 Å². The Kier molecular flexibility index (Phi) is 6.08. The number of nitrogens with zero attached hydrogens (tertiary/aromatic N) is 1. The molecule has 1 heterocycles. The predicted octanol–water partition coefficient (Wildman–Crippen LogP) is 2.82. The molecule has 1 aliphatic rings. The van der Waals surface area contributed by atoms with Gasteiger partial charge < -0.3 is 20.7 Å². The molecule has 1 aliphatic heterocycles. The second-order valence-corrected chi connectivity index (χ2v) is 7.75. The van der Waals surface area contributed by atoms with Crippen LogP contribution in [-0.2, 0) is 9.53 Å². The number of halogens is 1. The van der Waals surface area contributed by atoms with E-state index in [2.05, 4.69) is 5.32 Å². The zero-order chi connectivity index (χ0) is 20.4. The van der Waals surface area contributed by atoms with Gasteiger partial charge in [0.25, 0.3) is 0 Å². The first-order chi connectivity index (χ1) is 12.5. The lowest BCUT2D eigenvalue weighted by Crippen LogP contribution is -2.45. The standard InChI is InChI=1S/C19H26FN3O4/c1-11-14(20)8-13(16(21)24)9-15(11)22-17(25)12-6-5-7-23(10-12)18(26)27-19(2,3)4/h8-9,12H,5-7,10H2,1-4H3,(H2,21,24)(H,22,25). The summed E-state index contributed by atoms with van der Waals surface area (Å²) in [5.74, 6) is -2.20. The third-order valence-electron chi connectivity index (χ3n) is 4.33. The number of amides is 3. The average molecular weight is 379 g/mol. The Balaban J connectivity index is 2.10. The highest BCUT2D eigenvalue weighted by Gasteiger charge is 2.31. The zero-order valence-corrected chi connectivity index (χ0v) is 16.1. The second kappa shape index (κ2) is 7.94. The summed E-state index contributed by atoms with van der Waals surface area (Å²) < 4.78 is 19.3. The van der Waals surface area contributed by atoms with E-state index < -0.39 is 29.3 Å². The SMILES string of the molecule is Cc1c(F)cc(C(N)=O)cc1NC(=O)C1CCCN(C(=O)OC(C)(C)C)C1. The van der Waals surface area contributed by atoms with Crippen LogP contribution >= 0.6 is 0 Å². The Hall–Kier alpha value is -2.64. The summed E-state index contributed by atoms with van der Waals surface area (Å²) >= 11 is 0.